The number of anilines is 2. The summed E-state index contributed by atoms with van der Waals surface area (Å²) in [5.74, 6) is -0.495. The van der Waals surface area contributed by atoms with Crippen LogP contribution in [0.5, 0.6) is 0 Å². The van der Waals surface area contributed by atoms with Gasteiger partial charge in [-0.15, -0.1) is 0 Å². The summed E-state index contributed by atoms with van der Waals surface area (Å²) in [6.07, 6.45) is 2.20. The van der Waals surface area contributed by atoms with Crippen molar-refractivity contribution in [2.75, 3.05) is 17.7 Å². The fourth-order valence-corrected chi connectivity index (χ4v) is 3.58. The number of esters is 1. The van der Waals surface area contributed by atoms with Gasteiger partial charge >= 0.3 is 5.97 Å². The van der Waals surface area contributed by atoms with Crippen LogP contribution in [0.2, 0.25) is 0 Å². The second-order valence-electron chi connectivity index (χ2n) is 7.74. The number of ether oxygens (including phenoxy) is 1. The van der Waals surface area contributed by atoms with Gasteiger partial charge in [-0.25, -0.2) is 4.79 Å². The van der Waals surface area contributed by atoms with Crippen LogP contribution in [0.15, 0.2) is 103 Å². The van der Waals surface area contributed by atoms with Gasteiger partial charge in [-0.05, 0) is 42.0 Å². The van der Waals surface area contributed by atoms with Crippen LogP contribution >= 0.6 is 0 Å². The van der Waals surface area contributed by atoms with Crippen LogP contribution in [-0.4, -0.2) is 30.0 Å². The Morgan fingerprint density at radius 2 is 1.53 bits per heavy atom. The van der Waals surface area contributed by atoms with Crippen LogP contribution in [0.25, 0.3) is 11.3 Å². The largest absolute Gasteiger partial charge is 0.467 e. The fraction of sp³-hybridized carbons (Fsp3) is 0.107. The third-order valence-corrected chi connectivity index (χ3v) is 5.34. The number of methoxy groups -OCH3 is 1. The highest BCUT2D eigenvalue weighted by Crippen LogP contribution is 2.23. The minimum absolute atomic E-state index is 0.162. The molecule has 34 heavy (non-hydrogen) atoms. The minimum atomic E-state index is -0.529. The SMILES string of the molecule is COC(=O)[C@H](Cc1ccccc1)Nc1ccnc(-c2ccc(NC(=O)c3ccccc3)cc2)c1. The molecule has 3 aromatic carbocycles. The lowest BCUT2D eigenvalue weighted by molar-refractivity contribution is -0.141. The zero-order valence-corrected chi connectivity index (χ0v) is 18.8. The van der Waals surface area contributed by atoms with E-state index in [9.17, 15) is 9.59 Å². The molecule has 1 amide bonds. The average molecular weight is 452 g/mol. The molecule has 1 heterocycles. The van der Waals surface area contributed by atoms with E-state index in [-0.39, 0.29) is 11.9 Å². The summed E-state index contributed by atoms with van der Waals surface area (Å²) in [5.41, 5.74) is 4.72. The Kier molecular flexibility index (Phi) is 7.30. The molecule has 0 bridgehead atoms. The molecule has 4 rings (SSSR count). The Labute approximate surface area is 198 Å². The monoisotopic (exact) mass is 451 g/mol. The number of carbonyl (C=O) groups is 2. The molecule has 2 N–H and O–H groups in total. The lowest BCUT2D eigenvalue weighted by Gasteiger charge is -2.18. The maximum Gasteiger partial charge on any atom is 0.328 e. The number of rotatable bonds is 8. The van der Waals surface area contributed by atoms with Gasteiger partial charge < -0.3 is 15.4 Å². The summed E-state index contributed by atoms with van der Waals surface area (Å²) in [7, 11) is 1.39. The Morgan fingerprint density at radius 3 is 2.21 bits per heavy atom. The number of nitrogens with one attached hydrogen (secondary N) is 2. The number of nitrogens with zero attached hydrogens (tertiary/aromatic N) is 1. The van der Waals surface area contributed by atoms with E-state index in [0.717, 1.165) is 22.5 Å². The average Bonchev–Trinajstić information content (AvgIpc) is 2.89. The van der Waals surface area contributed by atoms with E-state index < -0.39 is 6.04 Å². The number of benzene rings is 3. The van der Waals surface area contributed by atoms with Gasteiger partial charge in [0.25, 0.3) is 5.91 Å². The molecule has 1 aromatic heterocycles. The maximum absolute atomic E-state index is 12.4. The predicted molar refractivity (Wildman–Crippen MR) is 134 cm³/mol. The Hall–Kier alpha value is -4.45. The van der Waals surface area contributed by atoms with Crippen molar-refractivity contribution in [2.24, 2.45) is 0 Å². The number of hydrogen-bond donors (Lipinski definition) is 2. The first-order valence-electron chi connectivity index (χ1n) is 10.9. The van der Waals surface area contributed by atoms with Gasteiger partial charge in [-0.1, -0.05) is 60.7 Å². The van der Waals surface area contributed by atoms with E-state index >= 15 is 0 Å². The van der Waals surface area contributed by atoms with Gasteiger partial charge in [0.1, 0.15) is 6.04 Å². The number of aromatic nitrogens is 1. The zero-order valence-electron chi connectivity index (χ0n) is 18.8. The van der Waals surface area contributed by atoms with E-state index in [4.69, 9.17) is 4.74 Å². The molecular formula is C28H25N3O3. The van der Waals surface area contributed by atoms with Gasteiger partial charge in [-0.3, -0.25) is 9.78 Å². The molecule has 0 fully saturated rings. The van der Waals surface area contributed by atoms with Crippen molar-refractivity contribution in [3.05, 3.63) is 114 Å². The quantitative estimate of drug-likeness (QED) is 0.360. The van der Waals surface area contributed by atoms with Crippen molar-refractivity contribution in [1.29, 1.82) is 0 Å². The van der Waals surface area contributed by atoms with Crippen LogP contribution in [0.1, 0.15) is 15.9 Å². The van der Waals surface area contributed by atoms with Gasteiger partial charge in [0, 0.05) is 35.1 Å². The molecule has 0 unspecified atom stereocenters. The van der Waals surface area contributed by atoms with E-state index in [1.165, 1.54) is 7.11 Å². The number of amides is 1. The van der Waals surface area contributed by atoms with Crippen LogP contribution in [0.3, 0.4) is 0 Å². The molecule has 0 saturated heterocycles. The molecule has 0 aliphatic rings. The lowest BCUT2D eigenvalue weighted by atomic mass is 10.1. The minimum Gasteiger partial charge on any atom is -0.467 e. The summed E-state index contributed by atoms with van der Waals surface area (Å²) < 4.78 is 5.00. The molecule has 0 saturated carbocycles. The van der Waals surface area contributed by atoms with Crippen molar-refractivity contribution in [3.63, 3.8) is 0 Å². The maximum atomic E-state index is 12.4. The van der Waals surface area contributed by atoms with Gasteiger partial charge in [0.15, 0.2) is 0 Å². The van der Waals surface area contributed by atoms with Gasteiger partial charge in [0.05, 0.1) is 12.8 Å². The van der Waals surface area contributed by atoms with Crippen molar-refractivity contribution >= 4 is 23.3 Å². The van der Waals surface area contributed by atoms with Gasteiger partial charge in [-0.2, -0.15) is 0 Å². The molecule has 170 valence electrons. The van der Waals surface area contributed by atoms with Crippen molar-refractivity contribution < 1.29 is 14.3 Å². The Bertz CT molecular complexity index is 1240. The van der Waals surface area contributed by atoms with Crippen molar-refractivity contribution in [1.82, 2.24) is 4.98 Å². The van der Waals surface area contributed by atoms with E-state index in [1.54, 1.807) is 18.3 Å². The van der Waals surface area contributed by atoms with Crippen LogP contribution in [0.4, 0.5) is 11.4 Å². The number of hydrogen-bond acceptors (Lipinski definition) is 5. The van der Waals surface area contributed by atoms with Crippen molar-refractivity contribution in [2.45, 2.75) is 12.5 Å². The third-order valence-electron chi connectivity index (χ3n) is 5.34. The molecule has 0 aliphatic carbocycles. The summed E-state index contributed by atoms with van der Waals surface area (Å²) in [6, 6.07) is 29.5. The highest BCUT2D eigenvalue weighted by molar-refractivity contribution is 6.04. The zero-order chi connectivity index (χ0) is 23.8. The standard InChI is InChI=1S/C28H25N3O3/c1-34-28(33)26(18-20-8-4-2-5-9-20)30-24-16-17-29-25(19-24)21-12-14-23(15-13-21)31-27(32)22-10-6-3-7-11-22/h2-17,19,26H,18H2,1H3,(H,29,30)(H,31,32)/t26-/m0/s1. The smallest absolute Gasteiger partial charge is 0.328 e. The second kappa shape index (κ2) is 10.9. The fourth-order valence-electron chi connectivity index (χ4n) is 3.58. The number of carbonyl (C=O) groups excluding carboxylic acids is 2. The summed E-state index contributed by atoms with van der Waals surface area (Å²) >= 11 is 0. The molecule has 6 nitrogen and oxygen atoms in total. The first-order chi connectivity index (χ1) is 16.6. The first-order valence-corrected chi connectivity index (χ1v) is 10.9. The molecular weight excluding hydrogens is 426 g/mol. The van der Waals surface area contributed by atoms with Gasteiger partial charge in [0.2, 0.25) is 0 Å². The second-order valence-corrected chi connectivity index (χ2v) is 7.74. The van der Waals surface area contributed by atoms with Crippen LogP contribution in [0, 0.1) is 0 Å². The molecule has 0 radical (unpaired) electrons. The molecule has 1 atom stereocenters. The summed E-state index contributed by atoms with van der Waals surface area (Å²) in [5, 5.41) is 6.17. The highest BCUT2D eigenvalue weighted by atomic mass is 16.5. The summed E-state index contributed by atoms with van der Waals surface area (Å²) in [4.78, 5) is 29.2. The normalized spacial score (nSPS) is 11.3. The Balaban J connectivity index is 1.47. The highest BCUT2D eigenvalue weighted by Gasteiger charge is 2.20. The molecule has 6 heteroatoms. The predicted octanol–water partition coefficient (Wildman–Crippen LogP) is 5.20. The van der Waals surface area contributed by atoms with Crippen LogP contribution in [-0.2, 0) is 16.0 Å². The first kappa shape index (κ1) is 22.7. The summed E-state index contributed by atoms with van der Waals surface area (Å²) in [6.45, 7) is 0. The van der Waals surface area contributed by atoms with E-state index in [0.29, 0.717) is 17.7 Å². The Morgan fingerprint density at radius 1 is 0.853 bits per heavy atom. The molecule has 0 aliphatic heterocycles. The van der Waals surface area contributed by atoms with E-state index in [1.807, 2.05) is 84.9 Å². The van der Waals surface area contributed by atoms with Crippen LogP contribution < -0.4 is 10.6 Å². The van der Waals surface area contributed by atoms with Crippen molar-refractivity contribution in [3.8, 4) is 11.3 Å². The third kappa shape index (κ3) is 5.86. The van der Waals surface area contributed by atoms with E-state index in [2.05, 4.69) is 15.6 Å². The number of pyridine rings is 1. The molecule has 0 spiro atoms. The molecule has 4 aromatic rings. The topological polar surface area (TPSA) is 80.3 Å². The lowest BCUT2D eigenvalue weighted by Crippen LogP contribution is -2.32.